The Morgan fingerprint density at radius 3 is 2.41 bits per heavy atom. The van der Waals surface area contributed by atoms with E-state index >= 15 is 0 Å². The maximum absolute atomic E-state index is 12.2. The van der Waals surface area contributed by atoms with Crippen LogP contribution in [0.2, 0.25) is 5.02 Å². The molecule has 9 heteroatoms. The number of hydrogen-bond acceptors (Lipinski definition) is 3. The number of allylic oxidation sites excluding steroid dienone is 1. The second kappa shape index (κ2) is 5.98. The number of benzene rings is 1. The van der Waals surface area contributed by atoms with Crippen molar-refractivity contribution < 1.29 is 18.3 Å². The van der Waals surface area contributed by atoms with Gasteiger partial charge in [0.15, 0.2) is 4.77 Å². The third-order valence-electron chi connectivity index (χ3n) is 2.64. The zero-order valence-corrected chi connectivity index (χ0v) is 12.3. The molecule has 0 saturated heterocycles. The van der Waals surface area contributed by atoms with Gasteiger partial charge in [0.2, 0.25) is 5.88 Å². The van der Waals surface area contributed by atoms with Gasteiger partial charge in [-0.05, 0) is 42.6 Å². The van der Waals surface area contributed by atoms with Crippen LogP contribution >= 0.6 is 23.8 Å². The average Bonchev–Trinajstić information content (AvgIpc) is 2.39. The van der Waals surface area contributed by atoms with Crippen LogP contribution in [0.1, 0.15) is 5.56 Å². The number of nitrogens with zero attached hydrogens (tertiary/aromatic N) is 1. The predicted molar refractivity (Wildman–Crippen MR) is 79.0 cm³/mol. The van der Waals surface area contributed by atoms with Gasteiger partial charge in [-0.15, -0.1) is 0 Å². The minimum Gasteiger partial charge on any atom is -0.494 e. The summed E-state index contributed by atoms with van der Waals surface area (Å²) in [5.41, 5.74) is -1.14. The quantitative estimate of drug-likeness (QED) is 0.811. The van der Waals surface area contributed by atoms with Gasteiger partial charge in [0.1, 0.15) is 5.56 Å². The molecule has 0 aliphatic carbocycles. The van der Waals surface area contributed by atoms with Gasteiger partial charge in [0.05, 0.1) is 5.69 Å². The van der Waals surface area contributed by atoms with Crippen molar-refractivity contribution in [1.82, 2.24) is 9.55 Å². The van der Waals surface area contributed by atoms with Crippen molar-refractivity contribution in [2.75, 3.05) is 0 Å². The van der Waals surface area contributed by atoms with Crippen LogP contribution in [0.5, 0.6) is 5.88 Å². The lowest BCUT2D eigenvalue weighted by Crippen LogP contribution is -2.16. The van der Waals surface area contributed by atoms with Crippen LogP contribution in [0.4, 0.5) is 13.2 Å². The third-order valence-corrected chi connectivity index (χ3v) is 3.18. The molecule has 1 aromatic heterocycles. The Balaban J connectivity index is 2.66. The second-order valence-electron chi connectivity index (χ2n) is 4.18. The molecule has 2 rings (SSSR count). The fourth-order valence-electron chi connectivity index (χ4n) is 1.70. The molecular weight excluding hydrogens is 341 g/mol. The Hall–Kier alpha value is -2.06. The standard InChI is InChI=1S/C13H8ClF3N2O2S/c14-7-1-3-8(4-2-7)19-11(21)9(5-6-13(15,16)17)10(20)18-12(19)22/h1-6,21H,(H,18,20,22). The Kier molecular flexibility index (Phi) is 4.43. The van der Waals surface area contributed by atoms with Crippen molar-refractivity contribution in [3.8, 4) is 11.6 Å². The lowest BCUT2D eigenvalue weighted by Gasteiger charge is -2.11. The van der Waals surface area contributed by atoms with E-state index in [-0.39, 0.29) is 10.8 Å². The number of hydrogen-bond donors (Lipinski definition) is 2. The molecule has 0 aliphatic heterocycles. The van der Waals surface area contributed by atoms with E-state index < -0.39 is 23.2 Å². The molecule has 0 saturated carbocycles. The largest absolute Gasteiger partial charge is 0.494 e. The molecule has 2 N–H and O–H groups in total. The average molecular weight is 349 g/mol. The van der Waals surface area contributed by atoms with Crippen LogP contribution in [0.15, 0.2) is 35.1 Å². The molecular formula is C13H8ClF3N2O2S. The van der Waals surface area contributed by atoms with E-state index in [1.54, 1.807) is 0 Å². The molecule has 0 spiro atoms. The first-order valence-electron chi connectivity index (χ1n) is 5.79. The first-order chi connectivity index (χ1) is 10.2. The number of aromatic hydroxyl groups is 1. The van der Waals surface area contributed by atoms with Crippen LogP contribution in [0.3, 0.4) is 0 Å². The van der Waals surface area contributed by atoms with E-state index in [0.29, 0.717) is 16.8 Å². The second-order valence-corrected chi connectivity index (χ2v) is 5.01. The molecule has 2 aromatic rings. The first-order valence-corrected chi connectivity index (χ1v) is 6.58. The summed E-state index contributed by atoms with van der Waals surface area (Å²) in [6.07, 6.45) is -4.28. The van der Waals surface area contributed by atoms with Gasteiger partial charge in [-0.2, -0.15) is 13.2 Å². The summed E-state index contributed by atoms with van der Waals surface area (Å²) in [6, 6.07) is 6.00. The van der Waals surface area contributed by atoms with E-state index in [2.05, 4.69) is 4.98 Å². The minimum atomic E-state index is -4.61. The van der Waals surface area contributed by atoms with Gasteiger partial charge in [-0.3, -0.25) is 14.3 Å². The Morgan fingerprint density at radius 1 is 1.27 bits per heavy atom. The lowest BCUT2D eigenvalue weighted by atomic mass is 10.2. The van der Waals surface area contributed by atoms with Gasteiger partial charge in [0.25, 0.3) is 5.56 Å². The number of halogens is 4. The lowest BCUT2D eigenvalue weighted by molar-refractivity contribution is -0.0790. The maximum atomic E-state index is 12.2. The van der Waals surface area contributed by atoms with Gasteiger partial charge in [-0.1, -0.05) is 11.6 Å². The number of aromatic amines is 1. The Bertz CT molecular complexity index is 838. The number of H-pyrrole nitrogens is 1. The highest BCUT2D eigenvalue weighted by atomic mass is 35.5. The molecule has 1 aromatic carbocycles. The molecule has 0 atom stereocenters. The molecule has 0 radical (unpaired) electrons. The number of nitrogens with one attached hydrogen (secondary N) is 1. The van der Waals surface area contributed by atoms with Crippen LogP contribution < -0.4 is 5.56 Å². The van der Waals surface area contributed by atoms with E-state index in [4.69, 9.17) is 23.8 Å². The molecule has 0 bridgehead atoms. The fraction of sp³-hybridized carbons (Fsp3) is 0.0769. The van der Waals surface area contributed by atoms with Crippen molar-refractivity contribution >= 4 is 29.9 Å². The summed E-state index contributed by atoms with van der Waals surface area (Å²) in [4.78, 5) is 13.9. The zero-order valence-electron chi connectivity index (χ0n) is 10.7. The maximum Gasteiger partial charge on any atom is 0.409 e. The summed E-state index contributed by atoms with van der Waals surface area (Å²) < 4.78 is 37.6. The summed E-state index contributed by atoms with van der Waals surface area (Å²) in [5.74, 6) is -0.698. The topological polar surface area (TPSA) is 58.0 Å². The number of rotatable bonds is 2. The Labute approximate surface area is 132 Å². The molecule has 0 unspecified atom stereocenters. The SMILES string of the molecule is O=c1[nH]c(=S)n(-c2ccc(Cl)cc2)c(O)c1C=CC(F)(F)F. The first kappa shape index (κ1) is 16.3. The van der Waals surface area contributed by atoms with Crippen LogP contribution in [-0.2, 0) is 0 Å². The van der Waals surface area contributed by atoms with E-state index in [0.717, 1.165) is 4.57 Å². The van der Waals surface area contributed by atoms with Crippen molar-refractivity contribution in [3.05, 3.63) is 56.1 Å². The van der Waals surface area contributed by atoms with Gasteiger partial charge < -0.3 is 5.11 Å². The van der Waals surface area contributed by atoms with Crippen molar-refractivity contribution in [3.63, 3.8) is 0 Å². The molecule has 1 heterocycles. The molecule has 0 aliphatic rings. The highest BCUT2D eigenvalue weighted by Gasteiger charge is 2.23. The van der Waals surface area contributed by atoms with E-state index in [1.165, 1.54) is 24.3 Å². The highest BCUT2D eigenvalue weighted by molar-refractivity contribution is 7.71. The smallest absolute Gasteiger partial charge is 0.409 e. The molecule has 0 amide bonds. The highest BCUT2D eigenvalue weighted by Crippen LogP contribution is 2.24. The normalized spacial score (nSPS) is 12.0. The van der Waals surface area contributed by atoms with Crippen molar-refractivity contribution in [2.24, 2.45) is 0 Å². The molecule has 116 valence electrons. The summed E-state index contributed by atoms with van der Waals surface area (Å²) in [7, 11) is 0. The van der Waals surface area contributed by atoms with E-state index in [1.807, 2.05) is 0 Å². The number of alkyl halides is 3. The van der Waals surface area contributed by atoms with Gasteiger partial charge >= 0.3 is 6.18 Å². The minimum absolute atomic E-state index is 0.146. The predicted octanol–water partition coefficient (Wildman–Crippen LogP) is 3.83. The van der Waals surface area contributed by atoms with Crippen molar-refractivity contribution in [1.29, 1.82) is 0 Å². The fourth-order valence-corrected chi connectivity index (χ4v) is 2.11. The Morgan fingerprint density at radius 2 is 1.86 bits per heavy atom. The number of aromatic nitrogens is 2. The van der Waals surface area contributed by atoms with Crippen molar-refractivity contribution in [2.45, 2.75) is 6.18 Å². The van der Waals surface area contributed by atoms with E-state index in [9.17, 15) is 23.1 Å². The van der Waals surface area contributed by atoms with Gasteiger partial charge in [-0.25, -0.2) is 0 Å². The summed E-state index contributed by atoms with van der Waals surface area (Å²) in [6.45, 7) is 0. The summed E-state index contributed by atoms with van der Waals surface area (Å²) >= 11 is 10.7. The monoisotopic (exact) mass is 348 g/mol. The zero-order chi connectivity index (χ0) is 16.5. The summed E-state index contributed by atoms with van der Waals surface area (Å²) in [5, 5.41) is 10.5. The molecule has 0 fully saturated rings. The third kappa shape index (κ3) is 3.58. The van der Waals surface area contributed by atoms with Crippen LogP contribution in [0, 0.1) is 4.77 Å². The van der Waals surface area contributed by atoms with Crippen LogP contribution in [0.25, 0.3) is 11.8 Å². The molecule has 22 heavy (non-hydrogen) atoms. The van der Waals surface area contributed by atoms with Crippen LogP contribution in [-0.4, -0.2) is 20.8 Å². The molecule has 4 nitrogen and oxygen atoms in total. The van der Waals surface area contributed by atoms with Gasteiger partial charge in [0, 0.05) is 11.1 Å².